The zero-order valence-electron chi connectivity index (χ0n) is 13.4. The molecule has 1 aliphatic heterocycles. The normalized spacial score (nSPS) is 14.2. The van der Waals surface area contributed by atoms with Crippen molar-refractivity contribution in [2.75, 3.05) is 6.79 Å². The monoisotopic (exact) mass is 320 g/mol. The molecule has 0 aromatic heterocycles. The van der Waals surface area contributed by atoms with Crippen LogP contribution in [0.4, 0.5) is 5.69 Å². The number of carbonyl (C=O) groups is 1. The van der Waals surface area contributed by atoms with E-state index in [0.717, 1.165) is 6.42 Å². The summed E-state index contributed by atoms with van der Waals surface area (Å²) in [6.45, 7) is 6.16. The van der Waals surface area contributed by atoms with Crippen molar-refractivity contribution in [1.29, 1.82) is 0 Å². The lowest BCUT2D eigenvalue weighted by molar-refractivity contribution is -0.385. The van der Waals surface area contributed by atoms with Crippen LogP contribution in [0, 0.1) is 10.1 Å². The molecule has 0 fully saturated rings. The summed E-state index contributed by atoms with van der Waals surface area (Å²) in [6, 6.07) is 2.81. The molecule has 0 saturated carbocycles. The van der Waals surface area contributed by atoms with Gasteiger partial charge in [0, 0.05) is 34.9 Å². The first kappa shape index (κ1) is 17.0. The molecule has 0 radical (unpaired) electrons. The number of nitro groups is 1. The molecule has 1 N–H and O–H groups in total. The fourth-order valence-corrected chi connectivity index (χ4v) is 2.09. The fraction of sp³-hybridized carbons (Fsp3) is 0.438. The number of hydrogen-bond acceptors (Lipinski definition) is 5. The van der Waals surface area contributed by atoms with Crippen LogP contribution in [0.5, 0.6) is 5.75 Å². The highest BCUT2D eigenvalue weighted by atomic mass is 16.7. The van der Waals surface area contributed by atoms with Crippen LogP contribution >= 0.6 is 0 Å². The summed E-state index contributed by atoms with van der Waals surface area (Å²) in [6.07, 6.45) is 3.67. The fourth-order valence-electron chi connectivity index (χ4n) is 2.09. The number of non-ortho nitro benzene ring substituents is 1. The molecule has 1 aliphatic rings. The van der Waals surface area contributed by atoms with E-state index in [4.69, 9.17) is 9.47 Å². The minimum absolute atomic E-state index is 0.0632. The molecule has 0 aliphatic carbocycles. The Bertz CT molecular complexity index is 652. The maximum absolute atomic E-state index is 12.0. The largest absolute Gasteiger partial charge is 0.467 e. The smallest absolute Gasteiger partial charge is 0.270 e. The summed E-state index contributed by atoms with van der Waals surface area (Å²) < 4.78 is 10.6. The van der Waals surface area contributed by atoms with Gasteiger partial charge in [-0.25, -0.2) is 0 Å². The zero-order valence-corrected chi connectivity index (χ0v) is 13.4. The van der Waals surface area contributed by atoms with Crippen LogP contribution in [-0.4, -0.2) is 23.2 Å². The molecule has 0 atom stereocenters. The third-order valence-electron chi connectivity index (χ3n) is 3.69. The van der Waals surface area contributed by atoms with Gasteiger partial charge in [-0.1, -0.05) is 6.92 Å². The number of benzene rings is 1. The summed E-state index contributed by atoms with van der Waals surface area (Å²) in [7, 11) is 0. The summed E-state index contributed by atoms with van der Waals surface area (Å²) >= 11 is 0. The number of ether oxygens (including phenoxy) is 2. The van der Waals surface area contributed by atoms with Gasteiger partial charge >= 0.3 is 0 Å². The molecule has 7 heteroatoms. The molecule has 1 aromatic carbocycles. The number of rotatable bonds is 5. The van der Waals surface area contributed by atoms with Gasteiger partial charge in [0.25, 0.3) is 5.69 Å². The highest BCUT2D eigenvalue weighted by Gasteiger charge is 2.20. The lowest BCUT2D eigenvalue weighted by Crippen LogP contribution is -2.41. The van der Waals surface area contributed by atoms with Gasteiger partial charge in [-0.2, -0.15) is 0 Å². The van der Waals surface area contributed by atoms with E-state index in [2.05, 4.69) is 5.32 Å². The number of amides is 1. The van der Waals surface area contributed by atoms with Gasteiger partial charge < -0.3 is 14.8 Å². The first-order valence-electron chi connectivity index (χ1n) is 7.34. The van der Waals surface area contributed by atoms with Crippen LogP contribution in [0.25, 0.3) is 6.08 Å². The van der Waals surface area contributed by atoms with Gasteiger partial charge in [-0.15, -0.1) is 0 Å². The van der Waals surface area contributed by atoms with Crippen LogP contribution in [-0.2, 0) is 16.1 Å². The van der Waals surface area contributed by atoms with Crippen molar-refractivity contribution in [3.8, 4) is 5.75 Å². The standard InChI is InChI=1S/C16H20N2O5/c1-4-16(2,3)17-14(19)6-5-11-7-13(18(20)21)8-12-9-22-10-23-15(11)12/h5-8H,4,9-10H2,1-3H3,(H,17,19). The minimum Gasteiger partial charge on any atom is -0.467 e. The molecule has 0 bridgehead atoms. The Morgan fingerprint density at radius 3 is 2.87 bits per heavy atom. The third-order valence-corrected chi connectivity index (χ3v) is 3.69. The van der Waals surface area contributed by atoms with E-state index in [0.29, 0.717) is 16.9 Å². The van der Waals surface area contributed by atoms with Crippen molar-refractivity contribution in [3.05, 3.63) is 39.4 Å². The van der Waals surface area contributed by atoms with Gasteiger partial charge in [0.2, 0.25) is 5.91 Å². The van der Waals surface area contributed by atoms with Gasteiger partial charge in [0.1, 0.15) is 5.75 Å². The van der Waals surface area contributed by atoms with Crippen molar-refractivity contribution in [1.82, 2.24) is 5.32 Å². The van der Waals surface area contributed by atoms with Crippen LogP contribution in [0.2, 0.25) is 0 Å². The summed E-state index contributed by atoms with van der Waals surface area (Å²) in [4.78, 5) is 22.5. The third kappa shape index (κ3) is 4.29. The second-order valence-corrected chi connectivity index (χ2v) is 5.95. The maximum Gasteiger partial charge on any atom is 0.270 e. The van der Waals surface area contributed by atoms with Gasteiger partial charge in [0.15, 0.2) is 6.79 Å². The van der Waals surface area contributed by atoms with E-state index < -0.39 is 4.92 Å². The molecule has 1 amide bonds. The second kappa shape index (κ2) is 6.78. The molecule has 1 heterocycles. The van der Waals surface area contributed by atoms with Gasteiger partial charge in [-0.05, 0) is 26.3 Å². The lowest BCUT2D eigenvalue weighted by atomic mass is 10.0. The van der Waals surface area contributed by atoms with Crippen molar-refractivity contribution < 1.29 is 19.2 Å². The molecule has 1 aromatic rings. The number of nitro benzene ring substituents is 1. The molecule has 0 saturated heterocycles. The predicted molar refractivity (Wildman–Crippen MR) is 84.9 cm³/mol. The first-order valence-corrected chi connectivity index (χ1v) is 7.34. The molecule has 124 valence electrons. The van der Waals surface area contributed by atoms with Crippen LogP contribution in [0.15, 0.2) is 18.2 Å². The Hall–Kier alpha value is -2.41. The summed E-state index contributed by atoms with van der Waals surface area (Å²) in [5.74, 6) is 0.254. The van der Waals surface area contributed by atoms with E-state index in [1.54, 1.807) is 0 Å². The number of fused-ring (bicyclic) bond motifs is 1. The van der Waals surface area contributed by atoms with E-state index in [1.165, 1.54) is 24.3 Å². The van der Waals surface area contributed by atoms with Gasteiger partial charge in [-0.3, -0.25) is 14.9 Å². The van der Waals surface area contributed by atoms with Crippen LogP contribution in [0.1, 0.15) is 38.3 Å². The van der Waals surface area contributed by atoms with E-state index in [9.17, 15) is 14.9 Å². The minimum atomic E-state index is -0.480. The Morgan fingerprint density at radius 2 is 2.22 bits per heavy atom. The average molecular weight is 320 g/mol. The Kier molecular flexibility index (Phi) is 5.00. The number of hydrogen-bond donors (Lipinski definition) is 1. The van der Waals surface area contributed by atoms with Crippen molar-refractivity contribution >= 4 is 17.7 Å². The molecular formula is C16H20N2O5. The Labute approximate surface area is 134 Å². The zero-order chi connectivity index (χ0) is 17.0. The SMILES string of the molecule is CCC(C)(C)NC(=O)C=Cc1cc([N+](=O)[O-])cc2c1OCOC2. The van der Waals surface area contributed by atoms with Crippen LogP contribution in [0.3, 0.4) is 0 Å². The molecule has 23 heavy (non-hydrogen) atoms. The Balaban J connectivity index is 2.28. The number of nitrogens with one attached hydrogen (secondary N) is 1. The first-order chi connectivity index (χ1) is 10.8. The molecular weight excluding hydrogens is 300 g/mol. The maximum atomic E-state index is 12.0. The van der Waals surface area contributed by atoms with E-state index in [1.807, 2.05) is 20.8 Å². The van der Waals surface area contributed by atoms with Crippen LogP contribution < -0.4 is 10.1 Å². The molecule has 0 unspecified atom stereocenters. The highest BCUT2D eigenvalue weighted by Crippen LogP contribution is 2.33. The summed E-state index contributed by atoms with van der Waals surface area (Å²) in [5.41, 5.74) is 0.710. The van der Waals surface area contributed by atoms with E-state index in [-0.39, 0.29) is 30.5 Å². The number of carbonyl (C=O) groups excluding carboxylic acids is 1. The highest BCUT2D eigenvalue weighted by molar-refractivity contribution is 5.92. The van der Waals surface area contributed by atoms with Crippen molar-refractivity contribution in [2.45, 2.75) is 39.3 Å². The molecule has 7 nitrogen and oxygen atoms in total. The van der Waals surface area contributed by atoms with Crippen molar-refractivity contribution in [3.63, 3.8) is 0 Å². The second-order valence-electron chi connectivity index (χ2n) is 5.95. The Morgan fingerprint density at radius 1 is 1.48 bits per heavy atom. The topological polar surface area (TPSA) is 90.7 Å². The lowest BCUT2D eigenvalue weighted by Gasteiger charge is -2.23. The van der Waals surface area contributed by atoms with E-state index >= 15 is 0 Å². The quantitative estimate of drug-likeness (QED) is 0.512. The molecule has 0 spiro atoms. The van der Waals surface area contributed by atoms with Gasteiger partial charge in [0.05, 0.1) is 11.5 Å². The average Bonchev–Trinajstić information content (AvgIpc) is 2.51. The molecule has 2 rings (SSSR count). The summed E-state index contributed by atoms with van der Waals surface area (Å²) in [5, 5.41) is 13.9. The number of nitrogens with zero attached hydrogens (tertiary/aromatic N) is 1. The predicted octanol–water partition coefficient (Wildman–Crippen LogP) is 2.78. The van der Waals surface area contributed by atoms with Crippen molar-refractivity contribution in [2.24, 2.45) is 0 Å².